The second-order valence-corrected chi connectivity index (χ2v) is 4.71. The van der Waals surface area contributed by atoms with Crippen LogP contribution in [-0.2, 0) is 6.54 Å². The lowest BCUT2D eigenvalue weighted by atomic mass is 10.2. The van der Waals surface area contributed by atoms with E-state index in [-0.39, 0.29) is 10.9 Å². The number of thiocarbonyl (C=S) groups is 1. The monoisotopic (exact) mass is 320 g/mol. The van der Waals surface area contributed by atoms with Crippen molar-refractivity contribution in [2.75, 3.05) is 14.2 Å². The minimum atomic E-state index is -0.394. The first-order chi connectivity index (χ1) is 10.6. The lowest BCUT2D eigenvalue weighted by Gasteiger charge is -2.11. The number of methoxy groups -OCH3 is 2. The van der Waals surface area contributed by atoms with Gasteiger partial charge in [-0.1, -0.05) is 6.07 Å². The fraction of sp³-hybridized carbons (Fsp3) is 0.200. The van der Waals surface area contributed by atoms with E-state index < -0.39 is 5.91 Å². The first-order valence-corrected chi connectivity index (χ1v) is 6.88. The van der Waals surface area contributed by atoms with Gasteiger partial charge >= 0.3 is 0 Å². The molecule has 1 amide bonds. The van der Waals surface area contributed by atoms with Gasteiger partial charge in [-0.05, 0) is 42.0 Å². The van der Waals surface area contributed by atoms with Gasteiger partial charge in [0.1, 0.15) is 0 Å². The average Bonchev–Trinajstić information content (AvgIpc) is 3.07. The third-order valence-corrected chi connectivity index (χ3v) is 3.12. The molecule has 1 heterocycles. The van der Waals surface area contributed by atoms with Crippen molar-refractivity contribution in [3.05, 3.63) is 47.9 Å². The molecule has 116 valence electrons. The zero-order valence-corrected chi connectivity index (χ0v) is 13.0. The quantitative estimate of drug-likeness (QED) is 0.822. The second kappa shape index (κ2) is 7.46. The zero-order chi connectivity index (χ0) is 15.9. The number of amides is 1. The predicted molar refractivity (Wildman–Crippen MR) is 85.2 cm³/mol. The predicted octanol–water partition coefficient (Wildman–Crippen LogP) is 2.10. The van der Waals surface area contributed by atoms with Gasteiger partial charge in [-0.25, -0.2) is 0 Å². The van der Waals surface area contributed by atoms with E-state index in [0.717, 1.165) is 5.56 Å². The molecule has 0 radical (unpaired) electrons. The van der Waals surface area contributed by atoms with Crippen LogP contribution in [0.5, 0.6) is 11.5 Å². The second-order valence-electron chi connectivity index (χ2n) is 4.30. The molecule has 0 spiro atoms. The van der Waals surface area contributed by atoms with Gasteiger partial charge in [-0.2, -0.15) is 0 Å². The van der Waals surface area contributed by atoms with E-state index in [9.17, 15) is 4.79 Å². The summed E-state index contributed by atoms with van der Waals surface area (Å²) in [7, 11) is 3.15. The van der Waals surface area contributed by atoms with Crippen LogP contribution >= 0.6 is 12.2 Å². The molecule has 6 nitrogen and oxygen atoms in total. The molecule has 2 aromatic rings. The molecule has 0 unspecified atom stereocenters. The Bertz CT molecular complexity index is 656. The molecule has 0 saturated carbocycles. The summed E-state index contributed by atoms with van der Waals surface area (Å²) in [6.45, 7) is 0.442. The summed E-state index contributed by atoms with van der Waals surface area (Å²) in [5.41, 5.74) is 0.937. The van der Waals surface area contributed by atoms with Gasteiger partial charge in [0.05, 0.1) is 20.5 Å². The van der Waals surface area contributed by atoms with E-state index in [1.807, 2.05) is 12.1 Å². The maximum absolute atomic E-state index is 11.7. The number of nitrogens with one attached hydrogen (secondary N) is 2. The van der Waals surface area contributed by atoms with Gasteiger partial charge < -0.3 is 19.2 Å². The van der Waals surface area contributed by atoms with Crippen molar-refractivity contribution in [1.82, 2.24) is 10.6 Å². The Morgan fingerprint density at radius 1 is 1.23 bits per heavy atom. The Kier molecular flexibility index (Phi) is 5.37. The van der Waals surface area contributed by atoms with Crippen LogP contribution < -0.4 is 20.1 Å². The highest BCUT2D eigenvalue weighted by Gasteiger charge is 2.10. The Hall–Kier alpha value is -2.54. The van der Waals surface area contributed by atoms with E-state index in [1.165, 1.54) is 6.26 Å². The van der Waals surface area contributed by atoms with Crippen molar-refractivity contribution in [2.45, 2.75) is 6.54 Å². The fourth-order valence-electron chi connectivity index (χ4n) is 1.79. The van der Waals surface area contributed by atoms with Crippen LogP contribution in [0.2, 0.25) is 0 Å². The summed E-state index contributed by atoms with van der Waals surface area (Å²) in [4.78, 5) is 11.7. The Balaban J connectivity index is 1.89. The maximum Gasteiger partial charge on any atom is 0.293 e. The van der Waals surface area contributed by atoms with Crippen molar-refractivity contribution < 1.29 is 18.7 Å². The van der Waals surface area contributed by atoms with Crippen molar-refractivity contribution in [3.63, 3.8) is 0 Å². The van der Waals surface area contributed by atoms with Gasteiger partial charge in [-0.3, -0.25) is 10.1 Å². The molecule has 2 N–H and O–H groups in total. The Morgan fingerprint density at radius 3 is 2.64 bits per heavy atom. The molecule has 22 heavy (non-hydrogen) atoms. The van der Waals surface area contributed by atoms with Crippen LogP contribution in [0.25, 0.3) is 0 Å². The fourth-order valence-corrected chi connectivity index (χ4v) is 1.95. The Morgan fingerprint density at radius 2 is 2.00 bits per heavy atom. The summed E-state index contributed by atoms with van der Waals surface area (Å²) < 4.78 is 15.4. The van der Waals surface area contributed by atoms with Gasteiger partial charge in [-0.15, -0.1) is 0 Å². The maximum atomic E-state index is 11.7. The first-order valence-electron chi connectivity index (χ1n) is 6.47. The van der Waals surface area contributed by atoms with E-state index in [0.29, 0.717) is 18.0 Å². The third-order valence-electron chi connectivity index (χ3n) is 2.87. The standard InChI is InChI=1S/C15H16N2O4S/c1-19-11-6-5-10(8-13(11)20-2)9-16-15(22)17-14(18)12-4-3-7-21-12/h3-8H,9H2,1-2H3,(H2,16,17,18,22). The molecule has 1 aromatic carbocycles. The molecule has 0 fully saturated rings. The van der Waals surface area contributed by atoms with Crippen molar-refractivity contribution in [1.29, 1.82) is 0 Å². The summed E-state index contributed by atoms with van der Waals surface area (Å²) in [5.74, 6) is 1.09. The lowest BCUT2D eigenvalue weighted by Crippen LogP contribution is -2.38. The lowest BCUT2D eigenvalue weighted by molar-refractivity contribution is 0.0949. The number of rotatable bonds is 5. The number of carbonyl (C=O) groups excluding carboxylic acids is 1. The SMILES string of the molecule is COc1ccc(CNC(=S)NC(=O)c2ccco2)cc1OC. The van der Waals surface area contributed by atoms with E-state index >= 15 is 0 Å². The molecule has 0 atom stereocenters. The first kappa shape index (κ1) is 15.8. The van der Waals surface area contributed by atoms with E-state index in [4.69, 9.17) is 26.1 Å². The number of benzene rings is 1. The molecule has 7 heteroatoms. The number of hydrogen-bond acceptors (Lipinski definition) is 5. The summed E-state index contributed by atoms with van der Waals surface area (Å²) in [5, 5.41) is 5.70. The van der Waals surface area contributed by atoms with Gasteiger partial charge in [0.25, 0.3) is 5.91 Å². The minimum absolute atomic E-state index is 0.204. The molecule has 0 saturated heterocycles. The Labute approximate surface area is 133 Å². The van der Waals surface area contributed by atoms with Crippen molar-refractivity contribution in [3.8, 4) is 11.5 Å². The van der Waals surface area contributed by atoms with Gasteiger partial charge in [0.2, 0.25) is 0 Å². The molecule has 0 aliphatic rings. The largest absolute Gasteiger partial charge is 0.493 e. The zero-order valence-electron chi connectivity index (χ0n) is 12.2. The number of hydrogen-bond donors (Lipinski definition) is 2. The normalized spacial score (nSPS) is 9.91. The van der Waals surface area contributed by atoms with Gasteiger partial charge in [0.15, 0.2) is 22.4 Å². The van der Waals surface area contributed by atoms with E-state index in [2.05, 4.69) is 10.6 Å². The molecule has 0 aliphatic carbocycles. The number of ether oxygens (including phenoxy) is 2. The molecular weight excluding hydrogens is 304 g/mol. The number of carbonyl (C=O) groups is 1. The van der Waals surface area contributed by atoms with E-state index in [1.54, 1.807) is 32.4 Å². The molecule has 0 bridgehead atoms. The van der Waals surface area contributed by atoms with Crippen molar-refractivity contribution >= 4 is 23.2 Å². The molecular formula is C15H16N2O4S. The summed E-state index contributed by atoms with van der Waals surface area (Å²) in [6, 6.07) is 8.72. The number of furan rings is 1. The van der Waals surface area contributed by atoms with Crippen LogP contribution in [0.1, 0.15) is 16.1 Å². The summed E-state index contributed by atoms with van der Waals surface area (Å²) in [6.07, 6.45) is 1.43. The average molecular weight is 320 g/mol. The van der Waals surface area contributed by atoms with Crippen LogP contribution in [0.3, 0.4) is 0 Å². The van der Waals surface area contributed by atoms with Crippen LogP contribution in [0, 0.1) is 0 Å². The molecule has 0 aliphatic heterocycles. The van der Waals surface area contributed by atoms with Crippen LogP contribution in [0.4, 0.5) is 0 Å². The third kappa shape index (κ3) is 3.98. The van der Waals surface area contributed by atoms with Crippen molar-refractivity contribution in [2.24, 2.45) is 0 Å². The van der Waals surface area contributed by atoms with Gasteiger partial charge in [0, 0.05) is 6.54 Å². The molecule has 2 rings (SSSR count). The minimum Gasteiger partial charge on any atom is -0.493 e. The van der Waals surface area contributed by atoms with Crippen LogP contribution in [-0.4, -0.2) is 25.2 Å². The smallest absolute Gasteiger partial charge is 0.293 e. The van der Waals surface area contributed by atoms with Crippen LogP contribution in [0.15, 0.2) is 41.0 Å². The highest BCUT2D eigenvalue weighted by Crippen LogP contribution is 2.27. The molecule has 1 aromatic heterocycles. The topological polar surface area (TPSA) is 72.7 Å². The highest BCUT2D eigenvalue weighted by molar-refractivity contribution is 7.80. The summed E-state index contributed by atoms with van der Waals surface area (Å²) >= 11 is 5.07. The highest BCUT2D eigenvalue weighted by atomic mass is 32.1.